The molecule has 0 saturated carbocycles. The molecule has 0 aliphatic rings. The van der Waals surface area contributed by atoms with Crippen LogP contribution in [0.1, 0.15) is 0 Å². The van der Waals surface area contributed by atoms with Gasteiger partial charge in [-0.3, -0.25) is 0 Å². The van der Waals surface area contributed by atoms with Gasteiger partial charge in [0, 0.05) is 34.6 Å². The lowest BCUT2D eigenvalue weighted by molar-refractivity contribution is -0.671. The van der Waals surface area contributed by atoms with Crippen molar-refractivity contribution in [2.45, 2.75) is 0 Å². The number of anilines is 3. The van der Waals surface area contributed by atoms with E-state index in [1.807, 2.05) is 29.8 Å². The van der Waals surface area contributed by atoms with Crippen LogP contribution in [0.4, 0.5) is 16.4 Å². The summed E-state index contributed by atoms with van der Waals surface area (Å²) in [5, 5.41) is 2.11. The Morgan fingerprint density at radius 1 is 0.645 bits per heavy atom. The van der Waals surface area contributed by atoms with Crippen molar-refractivity contribution in [2.24, 2.45) is 7.05 Å². The minimum atomic E-state index is 0.988. The summed E-state index contributed by atoms with van der Waals surface area (Å²) in [4.78, 5) is 7.42. The number of aryl methyl sites for hydroxylation is 1. The molecule has 3 nitrogen and oxygen atoms in total. The highest BCUT2D eigenvalue weighted by atomic mass is 32.1. The van der Waals surface area contributed by atoms with Crippen molar-refractivity contribution in [3.8, 4) is 21.8 Å². The van der Waals surface area contributed by atoms with Crippen molar-refractivity contribution in [1.29, 1.82) is 0 Å². The molecule has 5 rings (SSSR count). The van der Waals surface area contributed by atoms with Gasteiger partial charge in [-0.1, -0.05) is 78.1 Å². The van der Waals surface area contributed by atoms with E-state index < -0.39 is 0 Å². The van der Waals surface area contributed by atoms with Crippen molar-refractivity contribution in [3.05, 3.63) is 116 Å². The van der Waals surface area contributed by atoms with Crippen LogP contribution >= 0.6 is 11.3 Å². The van der Waals surface area contributed by atoms with Crippen LogP contribution < -0.4 is 9.47 Å². The first-order valence-corrected chi connectivity index (χ1v) is 11.0. The predicted molar refractivity (Wildman–Crippen MR) is 129 cm³/mol. The van der Waals surface area contributed by atoms with E-state index in [9.17, 15) is 0 Å². The number of hydrogen-bond acceptors (Lipinski definition) is 3. The average molecular weight is 421 g/mol. The van der Waals surface area contributed by atoms with E-state index in [2.05, 4.69) is 102 Å². The molecule has 4 heteroatoms. The van der Waals surface area contributed by atoms with Crippen LogP contribution in [-0.2, 0) is 7.05 Å². The zero-order chi connectivity index (χ0) is 21.0. The van der Waals surface area contributed by atoms with Gasteiger partial charge in [-0.05, 0) is 24.3 Å². The molecule has 0 aliphatic carbocycles. The Bertz CT molecular complexity index is 1230. The van der Waals surface area contributed by atoms with Crippen LogP contribution in [-0.4, -0.2) is 4.98 Å². The molecule has 0 spiro atoms. The predicted octanol–water partition coefficient (Wildman–Crippen LogP) is 6.77. The van der Waals surface area contributed by atoms with Crippen LogP contribution in [0.5, 0.6) is 0 Å². The molecule has 31 heavy (non-hydrogen) atoms. The molecule has 5 aromatic rings. The minimum Gasteiger partial charge on any atom is -0.300 e. The molecule has 3 aromatic carbocycles. The lowest BCUT2D eigenvalue weighted by Gasteiger charge is -2.24. The highest BCUT2D eigenvalue weighted by Crippen LogP contribution is 2.46. The van der Waals surface area contributed by atoms with E-state index in [1.165, 1.54) is 0 Å². The highest BCUT2D eigenvalue weighted by molar-refractivity contribution is 7.19. The van der Waals surface area contributed by atoms with Crippen molar-refractivity contribution < 1.29 is 4.57 Å². The number of thiazole rings is 1. The number of nitrogens with zero attached hydrogens (tertiary/aromatic N) is 3. The van der Waals surface area contributed by atoms with Gasteiger partial charge in [-0.25, -0.2) is 9.55 Å². The molecule has 150 valence electrons. The van der Waals surface area contributed by atoms with Gasteiger partial charge < -0.3 is 4.90 Å². The second kappa shape index (κ2) is 8.54. The van der Waals surface area contributed by atoms with E-state index in [-0.39, 0.29) is 0 Å². The normalized spacial score (nSPS) is 10.7. The van der Waals surface area contributed by atoms with Crippen LogP contribution in [0, 0.1) is 0 Å². The third kappa shape index (κ3) is 3.98. The third-order valence-electron chi connectivity index (χ3n) is 5.11. The van der Waals surface area contributed by atoms with Crippen molar-refractivity contribution in [3.63, 3.8) is 0 Å². The smallest absolute Gasteiger partial charge is 0.169 e. The molecule has 0 bridgehead atoms. The van der Waals surface area contributed by atoms with E-state index in [0.29, 0.717) is 0 Å². The molecule has 0 radical (unpaired) electrons. The number of aromatic nitrogens is 2. The molecule has 0 saturated heterocycles. The third-order valence-corrected chi connectivity index (χ3v) is 6.20. The number of rotatable bonds is 5. The van der Waals surface area contributed by atoms with Crippen LogP contribution in [0.3, 0.4) is 0 Å². The van der Waals surface area contributed by atoms with Gasteiger partial charge in [0.15, 0.2) is 12.4 Å². The SMILES string of the molecule is C[n+]1ccc(-c2nc(-c3ccccc3)c(N(c3ccccc3)c3ccccc3)s2)cc1. The highest BCUT2D eigenvalue weighted by Gasteiger charge is 2.22. The van der Waals surface area contributed by atoms with Crippen molar-refractivity contribution in [2.75, 3.05) is 4.90 Å². The maximum Gasteiger partial charge on any atom is 0.169 e. The van der Waals surface area contributed by atoms with E-state index >= 15 is 0 Å². The molecule has 0 atom stereocenters. The molecular weight excluding hydrogens is 398 g/mol. The zero-order valence-electron chi connectivity index (χ0n) is 17.2. The summed E-state index contributed by atoms with van der Waals surface area (Å²) >= 11 is 1.72. The summed E-state index contributed by atoms with van der Waals surface area (Å²) in [7, 11) is 2.03. The molecule has 0 fully saturated rings. The average Bonchev–Trinajstić information content (AvgIpc) is 3.27. The summed E-state index contributed by atoms with van der Waals surface area (Å²) in [6.07, 6.45) is 4.12. The van der Waals surface area contributed by atoms with Crippen LogP contribution in [0.25, 0.3) is 21.8 Å². The first-order chi connectivity index (χ1) is 15.3. The van der Waals surface area contributed by atoms with Gasteiger partial charge in [0.1, 0.15) is 22.8 Å². The summed E-state index contributed by atoms with van der Waals surface area (Å²) in [5.41, 5.74) is 5.44. The number of pyridine rings is 1. The maximum absolute atomic E-state index is 5.12. The van der Waals surface area contributed by atoms with Gasteiger partial charge >= 0.3 is 0 Å². The Morgan fingerprint density at radius 3 is 1.71 bits per heavy atom. The minimum absolute atomic E-state index is 0.988. The van der Waals surface area contributed by atoms with Crippen molar-refractivity contribution in [1.82, 2.24) is 4.98 Å². The van der Waals surface area contributed by atoms with Gasteiger partial charge in [0.05, 0.1) is 0 Å². The summed E-state index contributed by atoms with van der Waals surface area (Å²) in [6.45, 7) is 0. The summed E-state index contributed by atoms with van der Waals surface area (Å²) in [5.74, 6) is 0. The lowest BCUT2D eigenvalue weighted by atomic mass is 10.1. The van der Waals surface area contributed by atoms with Crippen LogP contribution in [0.15, 0.2) is 116 Å². The molecule has 2 heterocycles. The van der Waals surface area contributed by atoms with E-state index in [1.54, 1.807) is 11.3 Å². The van der Waals surface area contributed by atoms with E-state index in [0.717, 1.165) is 38.2 Å². The second-order valence-electron chi connectivity index (χ2n) is 7.30. The first kappa shape index (κ1) is 19.2. The zero-order valence-corrected chi connectivity index (χ0v) is 18.0. The largest absolute Gasteiger partial charge is 0.300 e. The van der Waals surface area contributed by atoms with Gasteiger partial charge in [-0.15, -0.1) is 0 Å². The Balaban J connectivity index is 1.74. The first-order valence-electron chi connectivity index (χ1n) is 10.2. The molecule has 0 aliphatic heterocycles. The molecule has 0 amide bonds. The Hall–Kier alpha value is -3.76. The maximum atomic E-state index is 5.12. The Labute approximate surface area is 186 Å². The second-order valence-corrected chi connectivity index (χ2v) is 8.28. The fourth-order valence-corrected chi connectivity index (χ4v) is 4.69. The van der Waals surface area contributed by atoms with Crippen molar-refractivity contribution >= 4 is 27.7 Å². The van der Waals surface area contributed by atoms with Gasteiger partial charge in [0.25, 0.3) is 0 Å². The fourth-order valence-electron chi connectivity index (χ4n) is 3.55. The van der Waals surface area contributed by atoms with Gasteiger partial charge in [0.2, 0.25) is 0 Å². The number of hydrogen-bond donors (Lipinski definition) is 0. The number of para-hydroxylation sites is 2. The van der Waals surface area contributed by atoms with E-state index in [4.69, 9.17) is 4.98 Å². The number of benzene rings is 3. The Kier molecular flexibility index (Phi) is 5.29. The summed E-state index contributed by atoms with van der Waals surface area (Å²) < 4.78 is 2.04. The van der Waals surface area contributed by atoms with Gasteiger partial charge in [-0.2, -0.15) is 0 Å². The lowest BCUT2D eigenvalue weighted by Crippen LogP contribution is -2.25. The quantitative estimate of drug-likeness (QED) is 0.292. The van der Waals surface area contributed by atoms with Crippen LogP contribution in [0.2, 0.25) is 0 Å². The molecule has 0 N–H and O–H groups in total. The topological polar surface area (TPSA) is 20.0 Å². The Morgan fingerprint density at radius 2 is 1.16 bits per heavy atom. The molecule has 0 unspecified atom stereocenters. The monoisotopic (exact) mass is 420 g/mol. The molecule has 2 aromatic heterocycles. The standard InChI is InChI=1S/C27H22N3S/c1-29-19-17-22(18-20-29)26-28-25(21-11-5-2-6-12-21)27(31-26)30(23-13-7-3-8-14-23)24-15-9-4-10-16-24/h2-20H,1H3/q+1. The summed E-state index contributed by atoms with van der Waals surface area (Å²) in [6, 6.07) is 35.6. The molecular formula is C27H22N3S+. The fraction of sp³-hybridized carbons (Fsp3) is 0.0370.